The Bertz CT molecular complexity index is 482. The fourth-order valence-electron chi connectivity index (χ4n) is 3.01. The summed E-state index contributed by atoms with van der Waals surface area (Å²) in [4.78, 5) is 20.5. The minimum Gasteiger partial charge on any atom is -0.308 e. The molecular weight excluding hydrogens is 362 g/mol. The Morgan fingerprint density at radius 1 is 1.28 bits per heavy atom. The SMILES string of the molecule is O=C(Nc1ncc(Br)nc1Br)C1C2CCCCC21. The third-order valence-corrected chi connectivity index (χ3v) is 4.84. The van der Waals surface area contributed by atoms with E-state index >= 15 is 0 Å². The van der Waals surface area contributed by atoms with Crippen molar-refractivity contribution in [2.24, 2.45) is 17.8 Å². The number of carbonyl (C=O) groups is 1. The number of amides is 1. The van der Waals surface area contributed by atoms with E-state index in [1.807, 2.05) is 0 Å². The lowest BCUT2D eigenvalue weighted by Gasteiger charge is -2.05. The number of anilines is 1. The molecule has 2 atom stereocenters. The highest BCUT2D eigenvalue weighted by Gasteiger charge is 2.54. The van der Waals surface area contributed by atoms with Crippen molar-refractivity contribution in [3.05, 3.63) is 15.4 Å². The minimum absolute atomic E-state index is 0.101. The highest BCUT2D eigenvalue weighted by molar-refractivity contribution is 9.11. The zero-order valence-corrected chi connectivity index (χ0v) is 12.9. The van der Waals surface area contributed by atoms with E-state index in [0.717, 1.165) is 0 Å². The molecule has 0 bridgehead atoms. The topological polar surface area (TPSA) is 54.9 Å². The van der Waals surface area contributed by atoms with Crippen LogP contribution in [0.5, 0.6) is 0 Å². The minimum atomic E-state index is 0.101. The number of nitrogens with one attached hydrogen (secondary N) is 1. The molecule has 0 aliphatic heterocycles. The van der Waals surface area contributed by atoms with Crippen molar-refractivity contribution >= 4 is 43.6 Å². The maximum Gasteiger partial charge on any atom is 0.229 e. The van der Waals surface area contributed by atoms with Crippen LogP contribution in [0, 0.1) is 17.8 Å². The Morgan fingerprint density at radius 3 is 2.56 bits per heavy atom. The summed E-state index contributed by atoms with van der Waals surface area (Å²) in [6, 6.07) is 0. The van der Waals surface area contributed by atoms with Crippen LogP contribution >= 0.6 is 31.9 Å². The first kappa shape index (κ1) is 12.5. The van der Waals surface area contributed by atoms with E-state index in [2.05, 4.69) is 47.1 Å². The van der Waals surface area contributed by atoms with Crippen molar-refractivity contribution in [3.63, 3.8) is 0 Å². The molecule has 2 fully saturated rings. The Kier molecular flexibility index (Phi) is 3.40. The van der Waals surface area contributed by atoms with E-state index < -0.39 is 0 Å². The Balaban J connectivity index is 1.68. The summed E-state index contributed by atoms with van der Waals surface area (Å²) in [5.41, 5.74) is 0. The predicted octanol–water partition coefficient (Wildman–Crippen LogP) is 3.38. The van der Waals surface area contributed by atoms with Gasteiger partial charge in [0.1, 0.15) is 9.21 Å². The van der Waals surface area contributed by atoms with E-state index in [-0.39, 0.29) is 11.8 Å². The number of hydrogen-bond donors (Lipinski definition) is 1. The molecule has 1 aromatic rings. The first-order chi connectivity index (χ1) is 8.66. The van der Waals surface area contributed by atoms with Gasteiger partial charge in [0.25, 0.3) is 0 Å². The fourth-order valence-corrected chi connectivity index (χ4v) is 3.92. The third-order valence-electron chi connectivity index (χ3n) is 3.90. The zero-order valence-electron chi connectivity index (χ0n) is 9.70. The quantitative estimate of drug-likeness (QED) is 0.863. The summed E-state index contributed by atoms with van der Waals surface area (Å²) in [6.45, 7) is 0. The normalized spacial score (nSPS) is 29.6. The first-order valence-electron chi connectivity index (χ1n) is 6.15. The van der Waals surface area contributed by atoms with Gasteiger partial charge in [0, 0.05) is 5.92 Å². The number of carbonyl (C=O) groups excluding carboxylic acids is 1. The average Bonchev–Trinajstić information content (AvgIpc) is 3.07. The molecule has 1 aromatic heterocycles. The maximum absolute atomic E-state index is 12.2. The second-order valence-electron chi connectivity index (χ2n) is 4.96. The van der Waals surface area contributed by atoms with Gasteiger partial charge in [-0.05, 0) is 56.5 Å². The third kappa shape index (κ3) is 2.32. The van der Waals surface area contributed by atoms with Crippen LogP contribution in [0.15, 0.2) is 15.4 Å². The van der Waals surface area contributed by atoms with E-state index in [1.165, 1.54) is 25.7 Å². The van der Waals surface area contributed by atoms with E-state index in [1.54, 1.807) is 6.20 Å². The molecule has 0 aromatic carbocycles. The zero-order chi connectivity index (χ0) is 12.7. The van der Waals surface area contributed by atoms with E-state index in [4.69, 9.17) is 0 Å². The Morgan fingerprint density at radius 2 is 1.94 bits per heavy atom. The fraction of sp³-hybridized carbons (Fsp3) is 0.583. The van der Waals surface area contributed by atoms with Crippen LogP contribution in [0.4, 0.5) is 5.82 Å². The average molecular weight is 375 g/mol. The molecule has 96 valence electrons. The molecule has 2 aliphatic carbocycles. The monoisotopic (exact) mass is 373 g/mol. The van der Waals surface area contributed by atoms with E-state index in [9.17, 15) is 4.79 Å². The highest BCUT2D eigenvalue weighted by atomic mass is 79.9. The molecule has 4 nitrogen and oxygen atoms in total. The Hall–Kier alpha value is -0.490. The van der Waals surface area contributed by atoms with Crippen LogP contribution in [0.1, 0.15) is 25.7 Å². The molecule has 0 radical (unpaired) electrons. The summed E-state index contributed by atoms with van der Waals surface area (Å²) in [6.07, 6.45) is 6.53. The van der Waals surface area contributed by atoms with Crippen LogP contribution in [-0.2, 0) is 4.79 Å². The molecule has 1 amide bonds. The van der Waals surface area contributed by atoms with Gasteiger partial charge < -0.3 is 5.32 Å². The number of hydrogen-bond acceptors (Lipinski definition) is 3. The summed E-state index contributed by atoms with van der Waals surface area (Å²) < 4.78 is 1.21. The van der Waals surface area contributed by atoms with Gasteiger partial charge in [-0.1, -0.05) is 12.8 Å². The van der Waals surface area contributed by atoms with Gasteiger partial charge >= 0.3 is 0 Å². The van der Waals surface area contributed by atoms with Gasteiger partial charge in [0.15, 0.2) is 5.82 Å². The lowest BCUT2D eigenvalue weighted by Crippen LogP contribution is -2.17. The second kappa shape index (κ2) is 4.89. The van der Waals surface area contributed by atoms with Gasteiger partial charge in [-0.15, -0.1) is 0 Å². The van der Waals surface area contributed by atoms with Crippen molar-refractivity contribution in [1.82, 2.24) is 9.97 Å². The molecule has 2 unspecified atom stereocenters. The molecule has 2 saturated carbocycles. The van der Waals surface area contributed by atoms with Gasteiger partial charge in [0.05, 0.1) is 6.20 Å². The van der Waals surface area contributed by atoms with Crippen molar-refractivity contribution in [2.75, 3.05) is 5.32 Å². The van der Waals surface area contributed by atoms with Crippen molar-refractivity contribution < 1.29 is 4.79 Å². The Labute approximate surface area is 122 Å². The molecule has 1 N–H and O–H groups in total. The van der Waals surface area contributed by atoms with Crippen molar-refractivity contribution in [2.45, 2.75) is 25.7 Å². The number of rotatable bonds is 2. The van der Waals surface area contributed by atoms with Crippen LogP contribution in [0.25, 0.3) is 0 Å². The molecule has 18 heavy (non-hydrogen) atoms. The van der Waals surface area contributed by atoms with Gasteiger partial charge in [-0.2, -0.15) is 0 Å². The van der Waals surface area contributed by atoms with Crippen molar-refractivity contribution in [3.8, 4) is 0 Å². The van der Waals surface area contributed by atoms with Crippen LogP contribution in [0.2, 0.25) is 0 Å². The van der Waals surface area contributed by atoms with Gasteiger partial charge in [-0.25, -0.2) is 9.97 Å². The van der Waals surface area contributed by atoms with Crippen LogP contribution in [-0.4, -0.2) is 15.9 Å². The molecule has 0 spiro atoms. The lowest BCUT2D eigenvalue weighted by molar-refractivity contribution is -0.117. The molecular formula is C12H13Br2N3O. The lowest BCUT2D eigenvalue weighted by atomic mass is 10.0. The summed E-state index contributed by atoms with van der Waals surface area (Å²) >= 11 is 6.54. The molecule has 1 heterocycles. The second-order valence-corrected chi connectivity index (χ2v) is 6.52. The maximum atomic E-state index is 12.2. The van der Waals surface area contributed by atoms with Crippen LogP contribution < -0.4 is 5.32 Å². The number of aromatic nitrogens is 2. The molecule has 3 rings (SSSR count). The largest absolute Gasteiger partial charge is 0.308 e. The van der Waals surface area contributed by atoms with Crippen molar-refractivity contribution in [1.29, 1.82) is 0 Å². The highest BCUT2D eigenvalue weighted by Crippen LogP contribution is 2.55. The standard InChI is InChI=1S/C12H13Br2N3O/c13-8-5-15-11(10(14)16-8)17-12(18)9-6-3-1-2-4-7(6)9/h5-7,9H,1-4H2,(H,15,17,18). The number of fused-ring (bicyclic) bond motifs is 1. The molecule has 6 heteroatoms. The first-order valence-corrected chi connectivity index (χ1v) is 7.74. The van der Waals surface area contributed by atoms with E-state index in [0.29, 0.717) is 26.9 Å². The summed E-state index contributed by atoms with van der Waals surface area (Å²) in [5.74, 6) is 2.03. The molecule has 0 saturated heterocycles. The molecule has 2 aliphatic rings. The summed E-state index contributed by atoms with van der Waals surface area (Å²) in [5, 5.41) is 2.88. The number of nitrogens with zero attached hydrogens (tertiary/aromatic N) is 2. The summed E-state index contributed by atoms with van der Waals surface area (Å²) in [7, 11) is 0. The number of halogens is 2. The van der Waals surface area contributed by atoms with Gasteiger partial charge in [-0.3, -0.25) is 4.79 Å². The predicted molar refractivity (Wildman–Crippen MR) is 75.0 cm³/mol. The van der Waals surface area contributed by atoms with Crippen LogP contribution in [0.3, 0.4) is 0 Å². The van der Waals surface area contributed by atoms with Gasteiger partial charge in [0.2, 0.25) is 5.91 Å². The smallest absolute Gasteiger partial charge is 0.229 e.